The second-order valence-electron chi connectivity index (χ2n) is 5.08. The van der Waals surface area contributed by atoms with Gasteiger partial charge in [-0.2, -0.15) is 0 Å². The van der Waals surface area contributed by atoms with Crippen LogP contribution in [-0.4, -0.2) is 18.9 Å². The lowest BCUT2D eigenvalue weighted by Gasteiger charge is -2.34. The van der Waals surface area contributed by atoms with E-state index in [0.717, 1.165) is 29.0 Å². The second-order valence-corrected chi connectivity index (χ2v) is 5.94. The number of hydrogen-bond acceptors (Lipinski definition) is 2. The molecule has 1 atom stereocenters. The van der Waals surface area contributed by atoms with E-state index in [4.69, 9.17) is 0 Å². The standard InChI is InChI=1S/C15H20BrNO/c1-3-12-5-4-8-17(10-12)13-6-7-14(11(2)18)15(16)9-13/h6-7,9,12H,3-5,8,10H2,1-2H3. The predicted octanol–water partition coefficient (Wildman–Crippen LogP) is 4.28. The summed E-state index contributed by atoms with van der Waals surface area (Å²) in [5, 5.41) is 0. The van der Waals surface area contributed by atoms with Gasteiger partial charge in [0.2, 0.25) is 0 Å². The van der Waals surface area contributed by atoms with Crippen LogP contribution in [0.15, 0.2) is 22.7 Å². The van der Waals surface area contributed by atoms with Gasteiger partial charge in [0.05, 0.1) is 0 Å². The van der Waals surface area contributed by atoms with Gasteiger partial charge in [-0.05, 0) is 59.8 Å². The number of rotatable bonds is 3. The van der Waals surface area contributed by atoms with Crippen LogP contribution in [0.3, 0.4) is 0 Å². The number of carbonyl (C=O) groups is 1. The average molecular weight is 310 g/mol. The number of benzene rings is 1. The predicted molar refractivity (Wildman–Crippen MR) is 79.4 cm³/mol. The number of Topliss-reactive ketones (excluding diaryl/α,β-unsaturated/α-hetero) is 1. The minimum atomic E-state index is 0.110. The summed E-state index contributed by atoms with van der Waals surface area (Å²) in [7, 11) is 0. The van der Waals surface area contributed by atoms with E-state index in [1.807, 2.05) is 6.07 Å². The van der Waals surface area contributed by atoms with E-state index in [-0.39, 0.29) is 5.78 Å². The Bertz CT molecular complexity index is 444. The van der Waals surface area contributed by atoms with Crippen molar-refractivity contribution in [2.75, 3.05) is 18.0 Å². The molecule has 0 saturated carbocycles. The molecule has 2 rings (SSSR count). The minimum absolute atomic E-state index is 0.110. The van der Waals surface area contributed by atoms with E-state index in [2.05, 4.69) is 39.9 Å². The third kappa shape index (κ3) is 2.94. The van der Waals surface area contributed by atoms with Crippen molar-refractivity contribution in [2.45, 2.75) is 33.1 Å². The summed E-state index contributed by atoms with van der Waals surface area (Å²) in [6, 6.07) is 6.08. The number of piperidine rings is 1. The van der Waals surface area contributed by atoms with Crippen molar-refractivity contribution in [1.82, 2.24) is 0 Å². The number of carbonyl (C=O) groups excluding carboxylic acids is 1. The van der Waals surface area contributed by atoms with E-state index in [1.54, 1.807) is 6.92 Å². The molecule has 2 nitrogen and oxygen atoms in total. The molecule has 0 N–H and O–H groups in total. The molecule has 0 aliphatic carbocycles. The highest BCUT2D eigenvalue weighted by Crippen LogP contribution is 2.28. The third-order valence-electron chi connectivity index (χ3n) is 3.79. The normalized spacial score (nSPS) is 19.9. The quantitative estimate of drug-likeness (QED) is 0.777. The van der Waals surface area contributed by atoms with E-state index in [9.17, 15) is 4.79 Å². The SMILES string of the molecule is CCC1CCCN(c2ccc(C(C)=O)c(Br)c2)C1. The van der Waals surface area contributed by atoms with Gasteiger partial charge in [0.15, 0.2) is 5.78 Å². The summed E-state index contributed by atoms with van der Waals surface area (Å²) in [5.74, 6) is 0.920. The van der Waals surface area contributed by atoms with E-state index in [0.29, 0.717) is 0 Å². The molecular weight excluding hydrogens is 290 g/mol. The second kappa shape index (κ2) is 5.87. The van der Waals surface area contributed by atoms with Gasteiger partial charge in [0.1, 0.15) is 0 Å². The molecule has 18 heavy (non-hydrogen) atoms. The van der Waals surface area contributed by atoms with Crippen LogP contribution in [0.1, 0.15) is 43.5 Å². The van der Waals surface area contributed by atoms with Gasteiger partial charge >= 0.3 is 0 Å². The van der Waals surface area contributed by atoms with Crippen molar-refractivity contribution in [1.29, 1.82) is 0 Å². The number of anilines is 1. The molecular formula is C15H20BrNO. The molecule has 1 saturated heterocycles. The highest BCUT2D eigenvalue weighted by molar-refractivity contribution is 9.10. The molecule has 1 aromatic carbocycles. The first-order valence-electron chi connectivity index (χ1n) is 6.67. The molecule has 1 aliphatic heterocycles. The largest absolute Gasteiger partial charge is 0.371 e. The Kier molecular flexibility index (Phi) is 4.44. The van der Waals surface area contributed by atoms with Crippen molar-refractivity contribution >= 4 is 27.4 Å². The summed E-state index contributed by atoms with van der Waals surface area (Å²) in [4.78, 5) is 13.8. The zero-order valence-electron chi connectivity index (χ0n) is 11.1. The molecule has 1 aliphatic rings. The first kappa shape index (κ1) is 13.6. The zero-order chi connectivity index (χ0) is 13.1. The van der Waals surface area contributed by atoms with Gasteiger partial charge in [0.25, 0.3) is 0 Å². The van der Waals surface area contributed by atoms with Crippen molar-refractivity contribution in [3.63, 3.8) is 0 Å². The molecule has 0 bridgehead atoms. The molecule has 0 spiro atoms. The number of ketones is 1. The monoisotopic (exact) mass is 309 g/mol. The van der Waals surface area contributed by atoms with Crippen molar-refractivity contribution in [3.8, 4) is 0 Å². The summed E-state index contributed by atoms with van der Waals surface area (Å²) in [5.41, 5.74) is 1.99. The lowest BCUT2D eigenvalue weighted by Crippen LogP contribution is -2.35. The summed E-state index contributed by atoms with van der Waals surface area (Å²) in [6.07, 6.45) is 3.87. The topological polar surface area (TPSA) is 20.3 Å². The summed E-state index contributed by atoms with van der Waals surface area (Å²) >= 11 is 3.50. The highest BCUT2D eigenvalue weighted by Gasteiger charge is 2.19. The van der Waals surface area contributed by atoms with E-state index in [1.165, 1.54) is 24.9 Å². The van der Waals surface area contributed by atoms with Gasteiger partial charge in [-0.25, -0.2) is 0 Å². The molecule has 1 heterocycles. The molecule has 0 amide bonds. The van der Waals surface area contributed by atoms with Crippen LogP contribution in [0.5, 0.6) is 0 Å². The average Bonchev–Trinajstić information content (AvgIpc) is 2.38. The number of halogens is 1. The molecule has 1 aromatic rings. The Balaban J connectivity index is 2.18. The fourth-order valence-electron chi connectivity index (χ4n) is 2.62. The molecule has 1 fully saturated rings. The van der Waals surface area contributed by atoms with Crippen LogP contribution < -0.4 is 4.90 Å². The lowest BCUT2D eigenvalue weighted by atomic mass is 9.95. The Morgan fingerprint density at radius 1 is 1.50 bits per heavy atom. The van der Waals surface area contributed by atoms with Crippen LogP contribution in [0, 0.1) is 5.92 Å². The van der Waals surface area contributed by atoms with Crippen LogP contribution >= 0.6 is 15.9 Å². The molecule has 98 valence electrons. The van der Waals surface area contributed by atoms with E-state index < -0.39 is 0 Å². The Morgan fingerprint density at radius 2 is 2.28 bits per heavy atom. The first-order chi connectivity index (χ1) is 8.61. The van der Waals surface area contributed by atoms with Crippen LogP contribution in [-0.2, 0) is 0 Å². The maximum Gasteiger partial charge on any atom is 0.160 e. The Labute approximate surface area is 117 Å². The highest BCUT2D eigenvalue weighted by atomic mass is 79.9. The van der Waals surface area contributed by atoms with Crippen molar-refractivity contribution < 1.29 is 4.79 Å². The fraction of sp³-hybridized carbons (Fsp3) is 0.533. The lowest BCUT2D eigenvalue weighted by molar-refractivity contribution is 0.101. The molecule has 3 heteroatoms. The third-order valence-corrected chi connectivity index (χ3v) is 4.45. The minimum Gasteiger partial charge on any atom is -0.371 e. The van der Waals surface area contributed by atoms with Gasteiger partial charge < -0.3 is 4.90 Å². The maximum absolute atomic E-state index is 11.4. The summed E-state index contributed by atoms with van der Waals surface area (Å²) in [6.45, 7) is 6.14. The van der Waals surface area contributed by atoms with Crippen LogP contribution in [0.2, 0.25) is 0 Å². The molecule has 1 unspecified atom stereocenters. The number of nitrogens with zero attached hydrogens (tertiary/aromatic N) is 1. The Morgan fingerprint density at radius 3 is 2.89 bits per heavy atom. The van der Waals surface area contributed by atoms with Gasteiger partial charge in [-0.15, -0.1) is 0 Å². The Hall–Kier alpha value is -0.830. The number of hydrogen-bond donors (Lipinski definition) is 0. The van der Waals surface area contributed by atoms with Gasteiger partial charge in [-0.3, -0.25) is 4.79 Å². The molecule has 0 radical (unpaired) electrons. The molecule has 0 aromatic heterocycles. The summed E-state index contributed by atoms with van der Waals surface area (Å²) < 4.78 is 0.908. The van der Waals surface area contributed by atoms with Gasteiger partial charge in [0, 0.05) is 28.8 Å². The van der Waals surface area contributed by atoms with E-state index >= 15 is 0 Å². The first-order valence-corrected chi connectivity index (χ1v) is 7.46. The zero-order valence-corrected chi connectivity index (χ0v) is 12.7. The van der Waals surface area contributed by atoms with Crippen LogP contribution in [0.25, 0.3) is 0 Å². The maximum atomic E-state index is 11.4. The van der Waals surface area contributed by atoms with Crippen molar-refractivity contribution in [3.05, 3.63) is 28.2 Å². The van der Waals surface area contributed by atoms with Crippen molar-refractivity contribution in [2.24, 2.45) is 5.92 Å². The van der Waals surface area contributed by atoms with Crippen LogP contribution in [0.4, 0.5) is 5.69 Å². The fourth-order valence-corrected chi connectivity index (χ4v) is 3.26. The smallest absolute Gasteiger partial charge is 0.160 e. The van der Waals surface area contributed by atoms with Gasteiger partial charge in [-0.1, -0.05) is 13.3 Å².